The molecular weight excluding hydrogens is 281 g/mol. The SMILES string of the molecule is CC(C=O)[C@H]1[C@@H]2C[C@@H](Oc3ccnc4ccc(F)cc34)C[C@@H]21. The van der Waals surface area contributed by atoms with Gasteiger partial charge in [-0.1, -0.05) is 6.92 Å². The summed E-state index contributed by atoms with van der Waals surface area (Å²) in [7, 11) is 0. The lowest BCUT2D eigenvalue weighted by molar-refractivity contribution is -0.111. The summed E-state index contributed by atoms with van der Waals surface area (Å²) < 4.78 is 19.6. The summed E-state index contributed by atoms with van der Waals surface area (Å²) in [5.74, 6) is 2.37. The van der Waals surface area contributed by atoms with Crippen molar-refractivity contribution in [2.75, 3.05) is 0 Å². The van der Waals surface area contributed by atoms with Crippen LogP contribution in [0.3, 0.4) is 0 Å². The van der Waals surface area contributed by atoms with E-state index >= 15 is 0 Å². The largest absolute Gasteiger partial charge is 0.490 e. The maximum absolute atomic E-state index is 13.5. The Bertz CT molecular complexity index is 720. The van der Waals surface area contributed by atoms with Crippen LogP contribution in [0.1, 0.15) is 19.8 Å². The number of fused-ring (bicyclic) bond motifs is 2. The van der Waals surface area contributed by atoms with Crippen molar-refractivity contribution in [2.24, 2.45) is 23.7 Å². The lowest BCUT2D eigenvalue weighted by atomic mass is 9.99. The van der Waals surface area contributed by atoms with Crippen molar-refractivity contribution in [3.8, 4) is 5.75 Å². The van der Waals surface area contributed by atoms with E-state index in [4.69, 9.17) is 4.74 Å². The van der Waals surface area contributed by atoms with Gasteiger partial charge in [0.05, 0.1) is 11.6 Å². The number of ether oxygens (including phenoxy) is 1. The Labute approximate surface area is 128 Å². The van der Waals surface area contributed by atoms with Crippen molar-refractivity contribution < 1.29 is 13.9 Å². The van der Waals surface area contributed by atoms with Crippen LogP contribution in [0, 0.1) is 29.5 Å². The van der Waals surface area contributed by atoms with Crippen LogP contribution in [0.4, 0.5) is 4.39 Å². The molecule has 0 aliphatic heterocycles. The number of nitrogens with zero attached hydrogens (tertiary/aromatic N) is 1. The van der Waals surface area contributed by atoms with E-state index in [2.05, 4.69) is 4.98 Å². The summed E-state index contributed by atoms with van der Waals surface area (Å²) in [4.78, 5) is 15.1. The topological polar surface area (TPSA) is 39.2 Å². The number of halogens is 1. The lowest BCUT2D eigenvalue weighted by Gasteiger charge is -2.18. The Kier molecular flexibility index (Phi) is 3.13. The molecule has 0 N–H and O–H groups in total. The molecule has 4 heteroatoms. The monoisotopic (exact) mass is 299 g/mol. The minimum atomic E-state index is -0.278. The van der Waals surface area contributed by atoms with Crippen LogP contribution in [0.5, 0.6) is 5.75 Å². The number of rotatable bonds is 4. The molecule has 0 amide bonds. The molecule has 0 spiro atoms. The highest BCUT2D eigenvalue weighted by Gasteiger charge is 2.58. The first-order valence-electron chi connectivity index (χ1n) is 7.83. The number of hydrogen-bond acceptors (Lipinski definition) is 3. The van der Waals surface area contributed by atoms with Crippen LogP contribution < -0.4 is 4.74 Å². The van der Waals surface area contributed by atoms with Crippen molar-refractivity contribution in [1.82, 2.24) is 4.98 Å². The molecule has 1 unspecified atom stereocenters. The van der Waals surface area contributed by atoms with Gasteiger partial charge >= 0.3 is 0 Å². The molecule has 2 saturated carbocycles. The minimum absolute atomic E-state index is 0.159. The zero-order valence-electron chi connectivity index (χ0n) is 12.4. The summed E-state index contributed by atoms with van der Waals surface area (Å²) in [6.45, 7) is 2.00. The summed E-state index contributed by atoms with van der Waals surface area (Å²) >= 11 is 0. The van der Waals surface area contributed by atoms with Gasteiger partial charge in [0.2, 0.25) is 0 Å². The van der Waals surface area contributed by atoms with E-state index in [9.17, 15) is 9.18 Å². The average molecular weight is 299 g/mol. The Balaban J connectivity index is 1.50. The van der Waals surface area contributed by atoms with Crippen LogP contribution in [-0.2, 0) is 4.79 Å². The van der Waals surface area contributed by atoms with Gasteiger partial charge in [0.15, 0.2) is 0 Å². The molecule has 22 heavy (non-hydrogen) atoms. The molecule has 114 valence electrons. The summed E-state index contributed by atoms with van der Waals surface area (Å²) in [5.41, 5.74) is 0.745. The summed E-state index contributed by atoms with van der Waals surface area (Å²) in [5, 5.41) is 0.723. The van der Waals surface area contributed by atoms with Crippen molar-refractivity contribution in [1.29, 1.82) is 0 Å². The van der Waals surface area contributed by atoms with Crippen LogP contribution in [-0.4, -0.2) is 17.4 Å². The van der Waals surface area contributed by atoms with E-state index < -0.39 is 0 Å². The molecule has 5 atom stereocenters. The van der Waals surface area contributed by atoms with Gasteiger partial charge in [-0.05, 0) is 54.9 Å². The number of benzene rings is 1. The molecule has 0 bridgehead atoms. The predicted molar refractivity (Wildman–Crippen MR) is 81.0 cm³/mol. The smallest absolute Gasteiger partial charge is 0.130 e. The molecule has 0 radical (unpaired) electrons. The normalized spacial score (nSPS) is 30.8. The van der Waals surface area contributed by atoms with Gasteiger partial charge in [-0.25, -0.2) is 4.39 Å². The predicted octanol–water partition coefficient (Wildman–Crippen LogP) is 3.61. The van der Waals surface area contributed by atoms with E-state index in [1.165, 1.54) is 12.1 Å². The van der Waals surface area contributed by atoms with E-state index in [1.54, 1.807) is 18.3 Å². The Morgan fingerprint density at radius 1 is 1.32 bits per heavy atom. The first kappa shape index (κ1) is 13.7. The fourth-order valence-corrected chi connectivity index (χ4v) is 4.18. The third kappa shape index (κ3) is 2.18. The molecule has 1 heterocycles. The molecule has 3 nitrogen and oxygen atoms in total. The van der Waals surface area contributed by atoms with Crippen LogP contribution in [0.15, 0.2) is 30.5 Å². The molecular formula is C18H18FNO2. The Hall–Kier alpha value is -1.97. The van der Waals surface area contributed by atoms with Gasteiger partial charge in [-0.3, -0.25) is 4.98 Å². The molecule has 2 aliphatic rings. The number of aromatic nitrogens is 1. The molecule has 2 aliphatic carbocycles. The van der Waals surface area contributed by atoms with Gasteiger partial charge in [-0.2, -0.15) is 0 Å². The van der Waals surface area contributed by atoms with E-state index in [-0.39, 0.29) is 17.8 Å². The van der Waals surface area contributed by atoms with Crippen molar-refractivity contribution in [3.63, 3.8) is 0 Å². The molecule has 2 fully saturated rings. The standard InChI is InChI=1S/C18H18FNO2/c1-10(9-21)18-13-7-12(8-14(13)18)22-17-4-5-20-16-3-2-11(19)6-15(16)17/h2-6,9-10,12-14,18H,7-8H2,1H3/t10?,12-,13-,14+,18+. The third-order valence-electron chi connectivity index (χ3n) is 5.25. The van der Waals surface area contributed by atoms with E-state index in [0.717, 1.165) is 30.0 Å². The average Bonchev–Trinajstić information content (AvgIpc) is 3.03. The number of hydrogen-bond donors (Lipinski definition) is 0. The first-order chi connectivity index (χ1) is 10.7. The van der Waals surface area contributed by atoms with Gasteiger partial charge in [-0.15, -0.1) is 0 Å². The lowest BCUT2D eigenvalue weighted by Crippen LogP contribution is -2.18. The highest BCUT2D eigenvalue weighted by atomic mass is 19.1. The second-order valence-electron chi connectivity index (χ2n) is 6.58. The first-order valence-corrected chi connectivity index (χ1v) is 7.83. The van der Waals surface area contributed by atoms with E-state index in [0.29, 0.717) is 23.5 Å². The quantitative estimate of drug-likeness (QED) is 0.810. The second-order valence-corrected chi connectivity index (χ2v) is 6.58. The van der Waals surface area contributed by atoms with Crippen LogP contribution >= 0.6 is 0 Å². The van der Waals surface area contributed by atoms with Crippen LogP contribution in [0.2, 0.25) is 0 Å². The van der Waals surface area contributed by atoms with Gasteiger partial charge < -0.3 is 9.53 Å². The number of aldehydes is 1. The zero-order chi connectivity index (χ0) is 15.3. The fourth-order valence-electron chi connectivity index (χ4n) is 4.18. The van der Waals surface area contributed by atoms with Crippen molar-refractivity contribution >= 4 is 17.2 Å². The maximum Gasteiger partial charge on any atom is 0.130 e. The highest BCUT2D eigenvalue weighted by molar-refractivity contribution is 5.84. The number of pyridine rings is 1. The van der Waals surface area contributed by atoms with Crippen molar-refractivity contribution in [3.05, 3.63) is 36.3 Å². The van der Waals surface area contributed by atoms with Crippen molar-refractivity contribution in [2.45, 2.75) is 25.9 Å². The molecule has 2 aromatic rings. The molecule has 4 rings (SSSR count). The number of carbonyl (C=O) groups excluding carboxylic acids is 1. The molecule has 1 aromatic heterocycles. The highest BCUT2D eigenvalue weighted by Crippen LogP contribution is 2.60. The second kappa shape index (κ2) is 5.04. The van der Waals surface area contributed by atoms with Crippen LogP contribution in [0.25, 0.3) is 10.9 Å². The third-order valence-corrected chi connectivity index (χ3v) is 5.25. The Morgan fingerprint density at radius 2 is 2.09 bits per heavy atom. The Morgan fingerprint density at radius 3 is 2.82 bits per heavy atom. The summed E-state index contributed by atoms with van der Waals surface area (Å²) in [6.07, 6.45) is 4.92. The number of carbonyl (C=O) groups is 1. The summed E-state index contributed by atoms with van der Waals surface area (Å²) in [6, 6.07) is 6.36. The fraction of sp³-hybridized carbons (Fsp3) is 0.444. The zero-order valence-corrected chi connectivity index (χ0v) is 12.4. The maximum atomic E-state index is 13.5. The van der Waals surface area contributed by atoms with Gasteiger partial charge in [0, 0.05) is 17.5 Å². The molecule has 1 aromatic carbocycles. The minimum Gasteiger partial charge on any atom is -0.490 e. The van der Waals surface area contributed by atoms with Gasteiger partial charge in [0.25, 0.3) is 0 Å². The van der Waals surface area contributed by atoms with E-state index in [1.807, 2.05) is 6.92 Å². The molecule has 0 saturated heterocycles. The van der Waals surface area contributed by atoms with Gasteiger partial charge in [0.1, 0.15) is 17.9 Å².